The molecule has 0 unspecified atom stereocenters. The summed E-state index contributed by atoms with van der Waals surface area (Å²) in [5, 5.41) is 13.3. The monoisotopic (exact) mass is 292 g/mol. The molecule has 0 radical (unpaired) electrons. The molecule has 116 valence electrons. The molecule has 0 aliphatic carbocycles. The second kappa shape index (κ2) is 7.43. The molecule has 0 bridgehead atoms. The minimum absolute atomic E-state index is 0.118. The first kappa shape index (κ1) is 15.8. The lowest BCUT2D eigenvalue weighted by Gasteiger charge is -2.41. The van der Waals surface area contributed by atoms with Gasteiger partial charge in [0.15, 0.2) is 0 Å². The maximum absolute atomic E-state index is 11.2. The predicted octanol–water partition coefficient (Wildman–Crippen LogP) is 1.49. The van der Waals surface area contributed by atoms with Gasteiger partial charge in [0.2, 0.25) is 0 Å². The van der Waals surface area contributed by atoms with Crippen molar-refractivity contribution in [1.29, 1.82) is 0 Å². The molecule has 1 aromatic rings. The zero-order valence-electron chi connectivity index (χ0n) is 12.5. The Morgan fingerprint density at radius 3 is 2.57 bits per heavy atom. The number of para-hydroxylation sites is 1. The van der Waals surface area contributed by atoms with Crippen molar-refractivity contribution < 1.29 is 14.6 Å². The summed E-state index contributed by atoms with van der Waals surface area (Å²) in [4.78, 5) is 13.4. The van der Waals surface area contributed by atoms with Crippen LogP contribution in [0.15, 0.2) is 30.3 Å². The molecule has 5 heteroatoms. The summed E-state index contributed by atoms with van der Waals surface area (Å²) in [5.41, 5.74) is 0.776. The van der Waals surface area contributed by atoms with Gasteiger partial charge < -0.3 is 20.1 Å². The molecule has 2 rings (SSSR count). The van der Waals surface area contributed by atoms with Crippen molar-refractivity contribution in [3.8, 4) is 0 Å². The average Bonchev–Trinajstić information content (AvgIpc) is 2.55. The van der Waals surface area contributed by atoms with Gasteiger partial charge in [0.25, 0.3) is 0 Å². The van der Waals surface area contributed by atoms with E-state index in [2.05, 4.69) is 15.0 Å². The number of nitrogens with zero attached hydrogens (tertiary/aromatic N) is 1. The van der Waals surface area contributed by atoms with Crippen molar-refractivity contribution in [2.45, 2.75) is 24.8 Å². The van der Waals surface area contributed by atoms with Crippen molar-refractivity contribution in [3.05, 3.63) is 30.3 Å². The number of hydrogen-bond acceptors (Lipinski definition) is 5. The van der Waals surface area contributed by atoms with Crippen LogP contribution in [-0.2, 0) is 9.53 Å². The fraction of sp³-hybridized carbons (Fsp3) is 0.562. The summed E-state index contributed by atoms with van der Waals surface area (Å²) >= 11 is 0. The maximum atomic E-state index is 11.2. The summed E-state index contributed by atoms with van der Waals surface area (Å²) in [6, 6.07) is 9.98. The van der Waals surface area contributed by atoms with E-state index in [4.69, 9.17) is 0 Å². The molecule has 1 saturated heterocycles. The Balaban J connectivity index is 1.86. The normalized spacial score (nSPS) is 18.2. The fourth-order valence-corrected chi connectivity index (χ4v) is 2.71. The molecule has 5 nitrogen and oxygen atoms in total. The summed E-state index contributed by atoms with van der Waals surface area (Å²) in [7, 11) is 1.42. The fourth-order valence-electron chi connectivity index (χ4n) is 2.71. The molecular weight excluding hydrogens is 268 g/mol. The topological polar surface area (TPSA) is 61.8 Å². The minimum Gasteiger partial charge on any atom is -0.469 e. The Labute approximate surface area is 125 Å². The van der Waals surface area contributed by atoms with Gasteiger partial charge in [-0.15, -0.1) is 0 Å². The second-order valence-corrected chi connectivity index (χ2v) is 5.60. The Morgan fingerprint density at radius 2 is 2.00 bits per heavy atom. The van der Waals surface area contributed by atoms with E-state index in [0.717, 1.165) is 38.2 Å². The molecule has 1 heterocycles. The van der Waals surface area contributed by atoms with Crippen LogP contribution >= 0.6 is 0 Å². The molecule has 2 N–H and O–H groups in total. The van der Waals surface area contributed by atoms with Gasteiger partial charge in [-0.1, -0.05) is 18.2 Å². The lowest BCUT2D eigenvalue weighted by molar-refractivity contribution is -0.141. The number of anilines is 1. The standard InChI is InChI=1S/C16H24N2O3/c1-21-15(20)7-10-18-11-8-16(13-19,9-12-18)17-14-5-3-2-4-6-14/h2-6,17,19H,7-13H2,1H3. The lowest BCUT2D eigenvalue weighted by Crippen LogP contribution is -2.51. The number of piperidine rings is 1. The van der Waals surface area contributed by atoms with E-state index in [-0.39, 0.29) is 18.1 Å². The highest BCUT2D eigenvalue weighted by Crippen LogP contribution is 2.26. The van der Waals surface area contributed by atoms with Crippen LogP contribution < -0.4 is 5.32 Å². The SMILES string of the molecule is COC(=O)CCN1CCC(CO)(Nc2ccccc2)CC1. The second-order valence-electron chi connectivity index (χ2n) is 5.60. The van der Waals surface area contributed by atoms with Gasteiger partial charge in [-0.2, -0.15) is 0 Å². The van der Waals surface area contributed by atoms with Crippen molar-refractivity contribution in [1.82, 2.24) is 4.90 Å². The van der Waals surface area contributed by atoms with E-state index in [1.165, 1.54) is 7.11 Å². The van der Waals surface area contributed by atoms with Gasteiger partial charge >= 0.3 is 5.97 Å². The first-order chi connectivity index (χ1) is 10.2. The predicted molar refractivity (Wildman–Crippen MR) is 82.2 cm³/mol. The van der Waals surface area contributed by atoms with E-state index in [1.54, 1.807) is 0 Å². The van der Waals surface area contributed by atoms with E-state index < -0.39 is 0 Å². The van der Waals surface area contributed by atoms with Crippen LogP contribution in [-0.4, -0.2) is 54.9 Å². The number of hydrogen-bond donors (Lipinski definition) is 2. The first-order valence-electron chi connectivity index (χ1n) is 7.41. The van der Waals surface area contributed by atoms with Crippen LogP contribution in [0.1, 0.15) is 19.3 Å². The van der Waals surface area contributed by atoms with Crippen LogP contribution in [0.5, 0.6) is 0 Å². The number of benzene rings is 1. The summed E-state index contributed by atoms with van der Waals surface area (Å²) in [6.45, 7) is 2.58. The smallest absolute Gasteiger partial charge is 0.306 e. The molecule has 21 heavy (non-hydrogen) atoms. The lowest BCUT2D eigenvalue weighted by atomic mass is 9.87. The number of carbonyl (C=O) groups is 1. The average molecular weight is 292 g/mol. The molecule has 0 aromatic heterocycles. The number of carbonyl (C=O) groups excluding carboxylic acids is 1. The largest absolute Gasteiger partial charge is 0.469 e. The minimum atomic E-state index is -0.261. The van der Waals surface area contributed by atoms with Gasteiger partial charge in [-0.25, -0.2) is 0 Å². The number of esters is 1. The number of aliphatic hydroxyl groups excluding tert-OH is 1. The third-order valence-electron chi connectivity index (χ3n) is 4.16. The van der Waals surface area contributed by atoms with Crippen molar-refractivity contribution >= 4 is 11.7 Å². The zero-order valence-corrected chi connectivity index (χ0v) is 12.5. The highest BCUT2D eigenvalue weighted by Gasteiger charge is 2.33. The molecule has 0 atom stereocenters. The van der Waals surface area contributed by atoms with Gasteiger partial charge in [-0.05, 0) is 25.0 Å². The zero-order chi connectivity index (χ0) is 15.1. The van der Waals surface area contributed by atoms with Crippen molar-refractivity contribution in [2.24, 2.45) is 0 Å². The number of rotatable bonds is 6. The van der Waals surface area contributed by atoms with E-state index in [0.29, 0.717) is 6.42 Å². The Bertz CT molecular complexity index is 442. The molecular formula is C16H24N2O3. The Kier molecular flexibility index (Phi) is 5.59. The third-order valence-corrected chi connectivity index (χ3v) is 4.16. The summed E-state index contributed by atoms with van der Waals surface area (Å²) in [6.07, 6.45) is 2.15. The quantitative estimate of drug-likeness (QED) is 0.778. The number of nitrogens with one attached hydrogen (secondary N) is 1. The van der Waals surface area contributed by atoms with Gasteiger partial charge in [0.1, 0.15) is 0 Å². The van der Waals surface area contributed by atoms with Gasteiger partial charge in [-0.3, -0.25) is 4.79 Å². The first-order valence-corrected chi connectivity index (χ1v) is 7.41. The highest BCUT2D eigenvalue weighted by atomic mass is 16.5. The van der Waals surface area contributed by atoms with Crippen LogP contribution in [0.4, 0.5) is 5.69 Å². The molecule has 0 saturated carbocycles. The molecule has 1 aliphatic heterocycles. The summed E-state index contributed by atoms with van der Waals surface area (Å²) < 4.78 is 4.66. The van der Waals surface area contributed by atoms with Crippen LogP contribution in [0.3, 0.4) is 0 Å². The van der Waals surface area contributed by atoms with Gasteiger partial charge in [0.05, 0.1) is 25.7 Å². The molecule has 1 aliphatic rings. The maximum Gasteiger partial charge on any atom is 0.306 e. The van der Waals surface area contributed by atoms with Crippen molar-refractivity contribution in [2.75, 3.05) is 38.7 Å². The number of likely N-dealkylation sites (tertiary alicyclic amines) is 1. The highest BCUT2D eigenvalue weighted by molar-refractivity contribution is 5.69. The number of aliphatic hydroxyl groups is 1. The third kappa shape index (κ3) is 4.44. The molecule has 1 fully saturated rings. The molecule has 0 spiro atoms. The molecule has 0 amide bonds. The van der Waals surface area contributed by atoms with Crippen LogP contribution in [0.2, 0.25) is 0 Å². The van der Waals surface area contributed by atoms with E-state index in [1.807, 2.05) is 30.3 Å². The number of ether oxygens (including phenoxy) is 1. The van der Waals surface area contributed by atoms with E-state index >= 15 is 0 Å². The molecule has 1 aromatic carbocycles. The Morgan fingerprint density at radius 1 is 1.33 bits per heavy atom. The Hall–Kier alpha value is -1.59. The van der Waals surface area contributed by atoms with E-state index in [9.17, 15) is 9.90 Å². The van der Waals surface area contributed by atoms with Crippen LogP contribution in [0, 0.1) is 0 Å². The van der Waals surface area contributed by atoms with Crippen LogP contribution in [0.25, 0.3) is 0 Å². The summed E-state index contributed by atoms with van der Waals surface area (Å²) in [5.74, 6) is -0.170. The number of methoxy groups -OCH3 is 1. The van der Waals surface area contributed by atoms with Crippen molar-refractivity contribution in [3.63, 3.8) is 0 Å². The van der Waals surface area contributed by atoms with Gasteiger partial charge in [0, 0.05) is 25.3 Å².